The van der Waals surface area contributed by atoms with Crippen molar-refractivity contribution >= 4 is 10.8 Å². The Bertz CT molecular complexity index is 1960. The predicted molar refractivity (Wildman–Crippen MR) is 186 cm³/mol. The first-order chi connectivity index (χ1) is 21.8. The molecule has 0 radical (unpaired) electrons. The molecule has 4 nitrogen and oxygen atoms in total. The van der Waals surface area contributed by atoms with Crippen LogP contribution in [0.1, 0.15) is 61.8 Å². The molecule has 0 aliphatic carbocycles. The van der Waals surface area contributed by atoms with Gasteiger partial charge in [0.15, 0.2) is 0 Å². The molecule has 2 aromatic heterocycles. The maximum Gasteiger partial charge on any atom is 0.128 e. The van der Waals surface area contributed by atoms with Crippen LogP contribution in [0.5, 0.6) is 5.75 Å². The van der Waals surface area contributed by atoms with Crippen molar-refractivity contribution in [1.29, 1.82) is 0 Å². The van der Waals surface area contributed by atoms with Gasteiger partial charge in [-0.1, -0.05) is 82.3 Å². The van der Waals surface area contributed by atoms with Gasteiger partial charge in [0.1, 0.15) is 5.75 Å². The number of hydrogen-bond donors (Lipinski definition) is 1. The first-order valence-corrected chi connectivity index (χ1v) is 15.8. The van der Waals surface area contributed by atoms with Crippen molar-refractivity contribution in [2.75, 3.05) is 0 Å². The van der Waals surface area contributed by atoms with Gasteiger partial charge < -0.3 is 9.67 Å². The summed E-state index contributed by atoms with van der Waals surface area (Å²) in [6, 6.07) is 30.6. The molecule has 6 rings (SSSR count). The predicted octanol–water partition coefficient (Wildman–Crippen LogP) is 10.1. The zero-order valence-corrected chi connectivity index (χ0v) is 29.3. The van der Waals surface area contributed by atoms with Crippen LogP contribution >= 0.6 is 0 Å². The van der Waals surface area contributed by atoms with Gasteiger partial charge in [-0.2, -0.15) is 0 Å². The minimum absolute atomic E-state index is 0. The first kappa shape index (κ1) is 33.1. The summed E-state index contributed by atoms with van der Waals surface area (Å²) < 4.78 is 2.00. The van der Waals surface area contributed by atoms with E-state index in [9.17, 15) is 5.11 Å². The van der Waals surface area contributed by atoms with Crippen molar-refractivity contribution in [3.05, 3.63) is 138 Å². The van der Waals surface area contributed by atoms with Gasteiger partial charge >= 0.3 is 0 Å². The van der Waals surface area contributed by atoms with Gasteiger partial charge in [-0.25, -0.2) is 0 Å². The van der Waals surface area contributed by atoms with Crippen LogP contribution in [0.4, 0.5) is 0 Å². The van der Waals surface area contributed by atoms with E-state index in [1.807, 2.05) is 60.5 Å². The second kappa shape index (κ2) is 14.4. The summed E-state index contributed by atoms with van der Waals surface area (Å²) in [4.78, 5) is 9.43. The number of aromatic nitrogens is 3. The Balaban J connectivity index is 0.00000417. The largest absolute Gasteiger partial charge is 0.507 e. The van der Waals surface area contributed by atoms with Crippen LogP contribution in [0.15, 0.2) is 110 Å². The van der Waals surface area contributed by atoms with E-state index in [0.29, 0.717) is 18.3 Å². The third-order valence-corrected chi connectivity index (χ3v) is 8.53. The fourth-order valence-corrected chi connectivity index (χ4v) is 5.86. The van der Waals surface area contributed by atoms with Gasteiger partial charge in [0, 0.05) is 57.7 Å². The third kappa shape index (κ3) is 7.08. The zero-order chi connectivity index (χ0) is 31.5. The van der Waals surface area contributed by atoms with Crippen molar-refractivity contribution in [1.82, 2.24) is 14.5 Å². The summed E-state index contributed by atoms with van der Waals surface area (Å²) in [5, 5.41) is 14.1. The van der Waals surface area contributed by atoms with Gasteiger partial charge in [0.05, 0.1) is 11.5 Å². The van der Waals surface area contributed by atoms with Crippen molar-refractivity contribution < 1.29 is 26.2 Å². The Kier molecular flexibility index (Phi) is 10.4. The van der Waals surface area contributed by atoms with Gasteiger partial charge in [-0.3, -0.25) is 9.97 Å². The number of fused-ring (bicyclic) bond motifs is 1. The summed E-state index contributed by atoms with van der Waals surface area (Å²) in [5.41, 5.74) is 9.31. The van der Waals surface area contributed by atoms with Crippen LogP contribution in [-0.2, 0) is 41.0 Å². The molecule has 0 amide bonds. The van der Waals surface area contributed by atoms with Crippen LogP contribution in [0.3, 0.4) is 0 Å². The monoisotopic (exact) mass is 785 g/mol. The molecule has 4 aromatic carbocycles. The van der Waals surface area contributed by atoms with Crippen LogP contribution in [0.25, 0.3) is 44.5 Å². The molecule has 5 heteroatoms. The maximum atomic E-state index is 11.7. The normalized spacial score (nSPS) is 11.5. The summed E-state index contributed by atoms with van der Waals surface area (Å²) >= 11 is 0. The number of nitrogens with zero attached hydrogens (tertiary/aromatic N) is 3. The molecule has 0 bridgehead atoms. The van der Waals surface area contributed by atoms with Crippen molar-refractivity contribution in [2.24, 2.45) is 7.05 Å². The fourth-order valence-electron chi connectivity index (χ4n) is 5.86. The molecule has 46 heavy (non-hydrogen) atoms. The molecule has 2 heterocycles. The van der Waals surface area contributed by atoms with Gasteiger partial charge in [-0.15, -0.1) is 35.9 Å². The molecule has 0 fully saturated rings. The van der Waals surface area contributed by atoms with Gasteiger partial charge in [-0.05, 0) is 75.6 Å². The van der Waals surface area contributed by atoms with Crippen LogP contribution in [0, 0.1) is 6.07 Å². The van der Waals surface area contributed by atoms with E-state index in [1.165, 1.54) is 22.1 Å². The number of benzene rings is 4. The molecular formula is C41H40N3OPt-. The van der Waals surface area contributed by atoms with E-state index in [2.05, 4.69) is 99.4 Å². The SMILES string of the molecule is CC(C)c1cc(-c2cc(C/C=C\Cc3cncc4ccccc34)c(O)c(-c3cn(C)c(-c4[c-]cccc4)n3)c2)cc(C(C)C)c1.[Pt]. The first-order valence-electron chi connectivity index (χ1n) is 15.8. The van der Waals surface area contributed by atoms with E-state index < -0.39 is 0 Å². The average Bonchev–Trinajstić information content (AvgIpc) is 3.45. The summed E-state index contributed by atoms with van der Waals surface area (Å²) in [7, 11) is 1.99. The molecule has 236 valence electrons. The van der Waals surface area contributed by atoms with E-state index >= 15 is 0 Å². The van der Waals surface area contributed by atoms with Crippen molar-refractivity contribution in [3.63, 3.8) is 0 Å². The number of aromatic hydroxyl groups is 1. The topological polar surface area (TPSA) is 50.9 Å². The summed E-state index contributed by atoms with van der Waals surface area (Å²) in [5.74, 6) is 1.89. The minimum atomic E-state index is 0. The van der Waals surface area contributed by atoms with Crippen LogP contribution in [0.2, 0.25) is 0 Å². The van der Waals surface area contributed by atoms with Gasteiger partial charge in [0.25, 0.3) is 0 Å². The number of rotatable bonds is 9. The molecule has 0 saturated carbocycles. The smallest absolute Gasteiger partial charge is 0.128 e. The average molecular weight is 786 g/mol. The number of allylic oxidation sites excluding steroid dienone is 2. The van der Waals surface area contributed by atoms with E-state index in [1.54, 1.807) is 0 Å². The van der Waals surface area contributed by atoms with E-state index in [0.717, 1.165) is 51.1 Å². The molecule has 0 aliphatic heterocycles. The Morgan fingerprint density at radius 1 is 0.804 bits per heavy atom. The number of hydrogen-bond acceptors (Lipinski definition) is 3. The van der Waals surface area contributed by atoms with Crippen molar-refractivity contribution in [2.45, 2.75) is 52.4 Å². The molecule has 6 aromatic rings. The Hall–Kier alpha value is -4.27. The molecule has 1 N–H and O–H groups in total. The number of aryl methyl sites for hydroxylation is 1. The Morgan fingerprint density at radius 3 is 2.17 bits per heavy atom. The molecule has 0 spiro atoms. The quantitative estimate of drug-likeness (QED) is 0.117. The van der Waals surface area contributed by atoms with E-state index in [4.69, 9.17) is 4.98 Å². The Labute approximate surface area is 287 Å². The molecule has 0 atom stereocenters. The fraction of sp³-hybridized carbons (Fsp3) is 0.220. The second-order valence-electron chi connectivity index (χ2n) is 12.5. The summed E-state index contributed by atoms with van der Waals surface area (Å²) in [6.45, 7) is 8.96. The molecular weight excluding hydrogens is 746 g/mol. The molecule has 0 unspecified atom stereocenters. The number of phenolic OH excluding ortho intramolecular Hbond substituents is 1. The third-order valence-electron chi connectivity index (χ3n) is 8.53. The second-order valence-corrected chi connectivity index (χ2v) is 12.5. The standard InChI is InChI=1S/C41H40N3O.Pt/c1-27(2)33-20-34(28(3)4)22-35(21-33)36-19-30(15-9-10-16-31-24-42-25-32-17-11-12-18-37(31)32)40(45)38(23-36)39-26-44(5)41(43-39)29-13-7-6-8-14-29;/h6-13,17-28,45H,15-16H2,1-5H3;/q-1;/b10-9-;. The molecule has 0 saturated heterocycles. The number of pyridine rings is 1. The molecule has 0 aliphatic rings. The van der Waals surface area contributed by atoms with Crippen LogP contribution < -0.4 is 0 Å². The minimum Gasteiger partial charge on any atom is -0.507 e. The number of phenols is 1. The van der Waals surface area contributed by atoms with Gasteiger partial charge in [0.2, 0.25) is 0 Å². The van der Waals surface area contributed by atoms with E-state index in [-0.39, 0.29) is 26.8 Å². The Morgan fingerprint density at radius 2 is 1.48 bits per heavy atom. The van der Waals surface area contributed by atoms with Crippen LogP contribution in [-0.4, -0.2) is 19.6 Å². The number of imidazole rings is 1. The zero-order valence-electron chi connectivity index (χ0n) is 27.1. The van der Waals surface area contributed by atoms with Crippen molar-refractivity contribution in [3.8, 4) is 39.5 Å². The maximum absolute atomic E-state index is 11.7. The summed E-state index contributed by atoms with van der Waals surface area (Å²) in [6.07, 6.45) is 11.5.